The van der Waals surface area contributed by atoms with Crippen LogP contribution in [0.3, 0.4) is 0 Å². The van der Waals surface area contributed by atoms with Crippen molar-refractivity contribution in [1.29, 1.82) is 0 Å². The third kappa shape index (κ3) is 3.12. The predicted molar refractivity (Wildman–Crippen MR) is 93.6 cm³/mol. The Balaban J connectivity index is 1.76. The van der Waals surface area contributed by atoms with Gasteiger partial charge in [-0.3, -0.25) is 0 Å². The van der Waals surface area contributed by atoms with Gasteiger partial charge in [0.1, 0.15) is 17.5 Å². The predicted octanol–water partition coefficient (Wildman–Crippen LogP) is 2.29. The van der Waals surface area contributed by atoms with Crippen molar-refractivity contribution in [3.63, 3.8) is 0 Å². The van der Waals surface area contributed by atoms with Crippen LogP contribution in [0.5, 0.6) is 23.0 Å². The molecule has 5 nitrogen and oxygen atoms in total. The highest BCUT2D eigenvalue weighted by molar-refractivity contribution is 5.53. The SMILES string of the molecule is COc1ccc([C@@H](c2cc3c(cc2O)OCO3)[NH+]2CCCCC2)cc1. The van der Waals surface area contributed by atoms with E-state index >= 15 is 0 Å². The maximum atomic E-state index is 10.7. The fourth-order valence-corrected chi connectivity index (χ4v) is 3.90. The molecule has 2 aliphatic heterocycles. The first-order chi connectivity index (χ1) is 12.3. The minimum atomic E-state index is 0.0701. The smallest absolute Gasteiger partial charge is 0.231 e. The van der Waals surface area contributed by atoms with Gasteiger partial charge in [-0.1, -0.05) is 0 Å². The lowest BCUT2D eigenvalue weighted by Crippen LogP contribution is -3.13. The van der Waals surface area contributed by atoms with Crippen molar-refractivity contribution in [2.24, 2.45) is 0 Å². The number of phenols is 1. The Morgan fingerprint density at radius 3 is 2.36 bits per heavy atom. The number of nitrogens with one attached hydrogen (secondary N) is 1. The zero-order chi connectivity index (χ0) is 17.2. The van der Waals surface area contributed by atoms with Crippen molar-refractivity contribution in [1.82, 2.24) is 0 Å². The van der Waals surface area contributed by atoms with Gasteiger partial charge in [0.25, 0.3) is 0 Å². The van der Waals surface area contributed by atoms with Gasteiger partial charge in [0.05, 0.1) is 25.8 Å². The second-order valence-corrected chi connectivity index (χ2v) is 6.69. The lowest BCUT2D eigenvalue weighted by molar-refractivity contribution is -0.930. The Hall–Kier alpha value is -2.40. The van der Waals surface area contributed by atoms with E-state index in [1.807, 2.05) is 18.2 Å². The highest BCUT2D eigenvalue weighted by Crippen LogP contribution is 2.40. The van der Waals surface area contributed by atoms with Crippen molar-refractivity contribution in [2.45, 2.75) is 25.3 Å². The summed E-state index contributed by atoms with van der Waals surface area (Å²) in [6, 6.07) is 11.8. The van der Waals surface area contributed by atoms with Gasteiger partial charge >= 0.3 is 0 Å². The number of benzene rings is 2. The second kappa shape index (κ2) is 6.84. The molecule has 2 aliphatic rings. The number of rotatable bonds is 4. The Bertz CT molecular complexity index is 738. The number of fused-ring (bicyclic) bond motifs is 1. The van der Waals surface area contributed by atoms with E-state index in [1.165, 1.54) is 29.7 Å². The number of methoxy groups -OCH3 is 1. The van der Waals surface area contributed by atoms with Crippen LogP contribution in [0.4, 0.5) is 0 Å². The second-order valence-electron chi connectivity index (χ2n) is 6.69. The summed E-state index contributed by atoms with van der Waals surface area (Å²) in [5.74, 6) is 2.43. The minimum absolute atomic E-state index is 0.0701. The lowest BCUT2D eigenvalue weighted by atomic mass is 9.93. The Morgan fingerprint density at radius 1 is 1.00 bits per heavy atom. The topological polar surface area (TPSA) is 52.4 Å². The van der Waals surface area contributed by atoms with Crippen LogP contribution in [0.15, 0.2) is 36.4 Å². The van der Waals surface area contributed by atoms with Crippen LogP contribution >= 0.6 is 0 Å². The Morgan fingerprint density at radius 2 is 1.68 bits per heavy atom. The summed E-state index contributed by atoms with van der Waals surface area (Å²) < 4.78 is 16.2. The number of aromatic hydroxyl groups is 1. The normalized spacial score (nSPS) is 18.1. The zero-order valence-electron chi connectivity index (χ0n) is 14.5. The summed E-state index contributed by atoms with van der Waals surface area (Å²) in [4.78, 5) is 1.48. The third-order valence-corrected chi connectivity index (χ3v) is 5.19. The van der Waals surface area contributed by atoms with Gasteiger partial charge in [0, 0.05) is 11.6 Å². The van der Waals surface area contributed by atoms with Gasteiger partial charge in [-0.2, -0.15) is 0 Å². The first-order valence-electron chi connectivity index (χ1n) is 8.87. The van der Waals surface area contributed by atoms with E-state index in [0.29, 0.717) is 11.5 Å². The van der Waals surface area contributed by atoms with Gasteiger partial charge < -0.3 is 24.2 Å². The zero-order valence-corrected chi connectivity index (χ0v) is 14.5. The van der Waals surface area contributed by atoms with Crippen molar-refractivity contribution in [2.75, 3.05) is 27.0 Å². The number of hydrogen-bond donors (Lipinski definition) is 2. The standard InChI is InChI=1S/C20H23NO4/c1-23-15-7-5-14(6-8-15)20(21-9-3-2-4-10-21)16-11-18-19(12-17(16)22)25-13-24-18/h5-8,11-12,20,22H,2-4,9-10,13H2,1H3/p+1/t20-/m0/s1. The molecule has 0 radical (unpaired) electrons. The highest BCUT2D eigenvalue weighted by atomic mass is 16.7. The van der Waals surface area contributed by atoms with Crippen LogP contribution in [-0.4, -0.2) is 32.1 Å². The van der Waals surface area contributed by atoms with E-state index in [1.54, 1.807) is 13.2 Å². The number of phenolic OH excluding ortho intramolecular Hbond substituents is 1. The van der Waals surface area contributed by atoms with Crippen molar-refractivity contribution in [3.8, 4) is 23.0 Å². The Labute approximate surface area is 147 Å². The van der Waals surface area contributed by atoms with Gasteiger partial charge in [0.2, 0.25) is 6.79 Å². The molecule has 0 spiro atoms. The van der Waals surface area contributed by atoms with Crippen molar-refractivity contribution < 1.29 is 24.2 Å². The average Bonchev–Trinajstić information content (AvgIpc) is 3.11. The quantitative estimate of drug-likeness (QED) is 0.895. The van der Waals surface area contributed by atoms with Crippen LogP contribution in [0, 0.1) is 0 Å². The summed E-state index contributed by atoms with van der Waals surface area (Å²) in [6.45, 7) is 2.41. The Kier molecular flexibility index (Phi) is 4.40. The summed E-state index contributed by atoms with van der Waals surface area (Å²) in [5.41, 5.74) is 2.07. The summed E-state index contributed by atoms with van der Waals surface area (Å²) >= 11 is 0. The number of ether oxygens (including phenoxy) is 3. The number of hydrogen-bond acceptors (Lipinski definition) is 4. The molecular weight excluding hydrogens is 318 g/mol. The molecule has 0 saturated carbocycles. The van der Waals surface area contributed by atoms with Crippen LogP contribution in [0.25, 0.3) is 0 Å². The van der Waals surface area contributed by atoms with Crippen molar-refractivity contribution >= 4 is 0 Å². The molecule has 4 rings (SSSR count). The van der Waals surface area contributed by atoms with E-state index in [0.717, 1.165) is 24.4 Å². The molecule has 2 N–H and O–H groups in total. The van der Waals surface area contributed by atoms with Gasteiger partial charge in [0.15, 0.2) is 11.5 Å². The lowest BCUT2D eigenvalue weighted by Gasteiger charge is -2.32. The molecule has 0 aromatic heterocycles. The van der Waals surface area contributed by atoms with Crippen LogP contribution < -0.4 is 19.1 Å². The largest absolute Gasteiger partial charge is 0.507 e. The maximum absolute atomic E-state index is 10.7. The first-order valence-corrected chi connectivity index (χ1v) is 8.87. The maximum Gasteiger partial charge on any atom is 0.231 e. The van der Waals surface area contributed by atoms with Crippen LogP contribution in [-0.2, 0) is 0 Å². The molecule has 132 valence electrons. The molecule has 25 heavy (non-hydrogen) atoms. The van der Waals surface area contributed by atoms with E-state index in [2.05, 4.69) is 12.1 Å². The molecular formula is C20H24NO4+. The molecule has 0 bridgehead atoms. The van der Waals surface area contributed by atoms with Crippen LogP contribution in [0.1, 0.15) is 36.4 Å². The van der Waals surface area contributed by atoms with E-state index < -0.39 is 0 Å². The summed E-state index contributed by atoms with van der Waals surface area (Å²) in [7, 11) is 1.67. The van der Waals surface area contributed by atoms with Gasteiger partial charge in [-0.25, -0.2) is 0 Å². The summed E-state index contributed by atoms with van der Waals surface area (Å²) in [5, 5.41) is 10.7. The fourth-order valence-electron chi connectivity index (χ4n) is 3.90. The molecule has 2 aromatic rings. The van der Waals surface area contributed by atoms with Crippen molar-refractivity contribution in [3.05, 3.63) is 47.5 Å². The third-order valence-electron chi connectivity index (χ3n) is 5.19. The van der Waals surface area contributed by atoms with E-state index in [4.69, 9.17) is 14.2 Å². The van der Waals surface area contributed by atoms with Crippen LogP contribution in [0.2, 0.25) is 0 Å². The van der Waals surface area contributed by atoms with E-state index in [-0.39, 0.29) is 18.6 Å². The molecule has 1 atom stereocenters. The molecule has 0 unspecified atom stereocenters. The molecule has 5 heteroatoms. The summed E-state index contributed by atoms with van der Waals surface area (Å²) in [6.07, 6.45) is 3.71. The number of quaternary nitrogens is 1. The minimum Gasteiger partial charge on any atom is -0.507 e. The molecule has 0 amide bonds. The fraction of sp³-hybridized carbons (Fsp3) is 0.400. The molecule has 2 aromatic carbocycles. The van der Waals surface area contributed by atoms with Gasteiger partial charge in [-0.05, 0) is 49.6 Å². The molecule has 1 fully saturated rings. The average molecular weight is 342 g/mol. The molecule has 0 aliphatic carbocycles. The molecule has 2 heterocycles. The van der Waals surface area contributed by atoms with E-state index in [9.17, 15) is 5.11 Å². The first kappa shape index (κ1) is 16.1. The molecule has 1 saturated heterocycles. The number of piperidine rings is 1. The number of likely N-dealkylation sites (tertiary alicyclic amines) is 1. The van der Waals surface area contributed by atoms with Gasteiger partial charge in [-0.15, -0.1) is 0 Å². The highest BCUT2D eigenvalue weighted by Gasteiger charge is 2.32. The monoisotopic (exact) mass is 342 g/mol.